The minimum Gasteiger partial charge on any atom is -0.456 e. The number of hydrogen-bond donors (Lipinski definition) is 1. The first-order chi connectivity index (χ1) is 14.2. The summed E-state index contributed by atoms with van der Waals surface area (Å²) in [5.74, 6) is -0.621. The third kappa shape index (κ3) is 3.75. The van der Waals surface area contributed by atoms with Gasteiger partial charge in [-0.25, -0.2) is 4.99 Å². The Balaban J connectivity index is 1.60. The summed E-state index contributed by atoms with van der Waals surface area (Å²) >= 11 is 0. The van der Waals surface area contributed by atoms with Crippen molar-refractivity contribution in [2.75, 3.05) is 0 Å². The number of ether oxygens (including phenoxy) is 1. The molecule has 1 heterocycles. The maximum absolute atomic E-state index is 12.2. The number of carbonyl (C=O) groups is 2. The third-order valence-corrected chi connectivity index (χ3v) is 4.46. The first-order valence-corrected chi connectivity index (χ1v) is 8.91. The fraction of sp³-hybridized carbons (Fsp3) is 0.0435. The summed E-state index contributed by atoms with van der Waals surface area (Å²) < 4.78 is 5.75. The molecule has 140 valence electrons. The number of nitriles is 1. The van der Waals surface area contributed by atoms with Gasteiger partial charge in [-0.1, -0.05) is 42.5 Å². The molecule has 6 nitrogen and oxygen atoms in total. The lowest BCUT2D eigenvalue weighted by Crippen LogP contribution is -2.22. The van der Waals surface area contributed by atoms with Gasteiger partial charge in [-0.05, 0) is 42.0 Å². The number of imide groups is 1. The van der Waals surface area contributed by atoms with Crippen LogP contribution in [0.5, 0.6) is 11.5 Å². The highest BCUT2D eigenvalue weighted by Gasteiger charge is 2.39. The van der Waals surface area contributed by atoms with Gasteiger partial charge in [0.1, 0.15) is 29.2 Å². The Labute approximate surface area is 167 Å². The highest BCUT2D eigenvalue weighted by Crippen LogP contribution is 2.29. The molecule has 0 aromatic heterocycles. The van der Waals surface area contributed by atoms with Crippen LogP contribution in [0.4, 0.5) is 5.69 Å². The molecule has 0 radical (unpaired) electrons. The van der Waals surface area contributed by atoms with E-state index < -0.39 is 11.8 Å². The number of nitrogens with zero attached hydrogens (tertiary/aromatic N) is 2. The van der Waals surface area contributed by atoms with Gasteiger partial charge in [-0.2, -0.15) is 5.26 Å². The van der Waals surface area contributed by atoms with Crippen molar-refractivity contribution < 1.29 is 14.3 Å². The van der Waals surface area contributed by atoms with Crippen molar-refractivity contribution in [1.82, 2.24) is 5.32 Å². The Morgan fingerprint density at radius 1 is 0.897 bits per heavy atom. The first-order valence-electron chi connectivity index (χ1n) is 8.91. The number of hydrogen-bond acceptors (Lipinski definition) is 5. The Hall–Kier alpha value is -4.24. The van der Waals surface area contributed by atoms with E-state index in [0.717, 1.165) is 0 Å². The molecule has 2 amide bonds. The molecule has 1 saturated heterocycles. The van der Waals surface area contributed by atoms with Crippen LogP contribution in [0.25, 0.3) is 0 Å². The summed E-state index contributed by atoms with van der Waals surface area (Å²) in [5.41, 5.74) is 1.82. The van der Waals surface area contributed by atoms with Gasteiger partial charge in [-0.15, -0.1) is 0 Å². The van der Waals surface area contributed by atoms with Crippen LogP contribution >= 0.6 is 0 Å². The fourth-order valence-electron chi connectivity index (χ4n) is 3.08. The van der Waals surface area contributed by atoms with Crippen molar-refractivity contribution in [3.05, 3.63) is 90.0 Å². The second kappa shape index (κ2) is 7.79. The lowest BCUT2D eigenvalue weighted by molar-refractivity contribution is -0.124. The molecule has 4 rings (SSSR count). The average Bonchev–Trinajstić information content (AvgIpc) is 3.03. The number of carbonyl (C=O) groups excluding carboxylic acids is 2. The maximum atomic E-state index is 12.2. The molecule has 0 saturated carbocycles. The summed E-state index contributed by atoms with van der Waals surface area (Å²) in [6.07, 6.45) is 0. The van der Waals surface area contributed by atoms with E-state index in [0.29, 0.717) is 28.3 Å². The lowest BCUT2D eigenvalue weighted by atomic mass is 9.96. The molecule has 1 aliphatic heterocycles. The van der Waals surface area contributed by atoms with E-state index in [1.807, 2.05) is 18.2 Å². The van der Waals surface area contributed by atoms with E-state index >= 15 is 0 Å². The van der Waals surface area contributed by atoms with E-state index in [1.54, 1.807) is 60.7 Å². The number of rotatable bonds is 4. The van der Waals surface area contributed by atoms with Crippen LogP contribution in [0.2, 0.25) is 0 Å². The van der Waals surface area contributed by atoms with Crippen LogP contribution in [-0.2, 0) is 9.59 Å². The van der Waals surface area contributed by atoms with Crippen molar-refractivity contribution in [2.24, 2.45) is 4.99 Å². The van der Waals surface area contributed by atoms with Crippen LogP contribution in [0.15, 0.2) is 83.9 Å². The summed E-state index contributed by atoms with van der Waals surface area (Å²) in [6.45, 7) is 0. The van der Waals surface area contributed by atoms with Crippen LogP contribution in [0.1, 0.15) is 17.0 Å². The van der Waals surface area contributed by atoms with Crippen molar-refractivity contribution in [2.45, 2.75) is 5.92 Å². The Bertz CT molecular complexity index is 1150. The zero-order valence-corrected chi connectivity index (χ0v) is 15.2. The van der Waals surface area contributed by atoms with Crippen molar-refractivity contribution in [1.29, 1.82) is 5.26 Å². The smallest absolute Gasteiger partial charge is 0.273 e. The van der Waals surface area contributed by atoms with Crippen molar-refractivity contribution in [3.8, 4) is 17.6 Å². The van der Waals surface area contributed by atoms with Crippen LogP contribution in [0.3, 0.4) is 0 Å². The summed E-state index contributed by atoms with van der Waals surface area (Å²) in [5, 5.41) is 11.5. The first kappa shape index (κ1) is 18.1. The summed E-state index contributed by atoms with van der Waals surface area (Å²) in [4.78, 5) is 28.9. The second-order valence-corrected chi connectivity index (χ2v) is 6.36. The number of para-hydroxylation sites is 1. The monoisotopic (exact) mass is 381 g/mol. The minimum atomic E-state index is -0.734. The summed E-state index contributed by atoms with van der Waals surface area (Å²) in [6, 6.07) is 24.9. The van der Waals surface area contributed by atoms with Crippen LogP contribution < -0.4 is 10.1 Å². The highest BCUT2D eigenvalue weighted by molar-refractivity contribution is 6.52. The summed E-state index contributed by atoms with van der Waals surface area (Å²) in [7, 11) is 0. The van der Waals surface area contributed by atoms with Gasteiger partial charge < -0.3 is 4.74 Å². The number of aliphatic imine (C=N–C) groups is 1. The predicted molar refractivity (Wildman–Crippen MR) is 107 cm³/mol. The quantitative estimate of drug-likeness (QED) is 0.695. The predicted octanol–water partition coefficient (Wildman–Crippen LogP) is 3.86. The normalized spacial score (nSPS) is 17.1. The van der Waals surface area contributed by atoms with Gasteiger partial charge in [0, 0.05) is 0 Å². The van der Waals surface area contributed by atoms with Gasteiger partial charge in [0.2, 0.25) is 5.91 Å². The molecule has 0 spiro atoms. The van der Waals surface area contributed by atoms with Gasteiger partial charge in [-0.3, -0.25) is 14.9 Å². The van der Waals surface area contributed by atoms with E-state index in [-0.39, 0.29) is 11.6 Å². The zero-order valence-electron chi connectivity index (χ0n) is 15.2. The standard InChI is InChI=1S/C23H15N3O3/c24-14-16-8-4-5-9-19(16)29-18-12-10-17(11-13-18)25-21-20(22(27)26-23(21)28)15-6-2-1-3-7-15/h1-13,20H,(H,26,27,28). The average molecular weight is 381 g/mol. The van der Waals surface area contributed by atoms with E-state index in [2.05, 4.69) is 16.4 Å². The molecule has 1 atom stereocenters. The van der Waals surface area contributed by atoms with Gasteiger partial charge in [0.05, 0.1) is 11.3 Å². The molecule has 29 heavy (non-hydrogen) atoms. The van der Waals surface area contributed by atoms with E-state index in [9.17, 15) is 9.59 Å². The molecule has 1 fully saturated rings. The van der Waals surface area contributed by atoms with Gasteiger partial charge in [0.25, 0.3) is 5.91 Å². The number of amides is 2. The molecule has 3 aromatic rings. The van der Waals surface area contributed by atoms with Crippen LogP contribution in [0, 0.1) is 11.3 Å². The van der Waals surface area contributed by atoms with Crippen molar-refractivity contribution in [3.63, 3.8) is 0 Å². The zero-order chi connectivity index (χ0) is 20.2. The molecular formula is C23H15N3O3. The highest BCUT2D eigenvalue weighted by atomic mass is 16.5. The molecule has 6 heteroatoms. The van der Waals surface area contributed by atoms with Crippen molar-refractivity contribution >= 4 is 23.2 Å². The topological polar surface area (TPSA) is 91.5 Å². The molecule has 1 aliphatic rings. The van der Waals surface area contributed by atoms with Crippen LogP contribution in [-0.4, -0.2) is 17.5 Å². The second-order valence-electron chi connectivity index (χ2n) is 6.36. The Morgan fingerprint density at radius 2 is 1.59 bits per heavy atom. The lowest BCUT2D eigenvalue weighted by Gasteiger charge is -2.09. The fourth-order valence-corrected chi connectivity index (χ4v) is 3.08. The van der Waals surface area contributed by atoms with Gasteiger partial charge in [0.15, 0.2) is 0 Å². The Kier molecular flexibility index (Phi) is 4.87. The molecule has 3 aromatic carbocycles. The Morgan fingerprint density at radius 3 is 2.31 bits per heavy atom. The maximum Gasteiger partial charge on any atom is 0.273 e. The van der Waals surface area contributed by atoms with E-state index in [1.165, 1.54) is 0 Å². The number of benzene rings is 3. The minimum absolute atomic E-state index is 0.157. The van der Waals surface area contributed by atoms with Gasteiger partial charge >= 0.3 is 0 Å². The largest absolute Gasteiger partial charge is 0.456 e. The molecule has 1 unspecified atom stereocenters. The number of nitrogens with one attached hydrogen (secondary N) is 1. The SMILES string of the molecule is N#Cc1ccccc1Oc1ccc(N=C2C(=O)NC(=O)C2c2ccccc2)cc1. The molecule has 1 N–H and O–H groups in total. The molecule has 0 bridgehead atoms. The molecular weight excluding hydrogens is 366 g/mol. The third-order valence-electron chi connectivity index (χ3n) is 4.46. The van der Waals surface area contributed by atoms with E-state index in [4.69, 9.17) is 10.00 Å². The molecule has 0 aliphatic carbocycles.